The van der Waals surface area contributed by atoms with Crippen molar-refractivity contribution in [3.05, 3.63) is 29.6 Å². The largest absolute Gasteiger partial charge is 0.264 e. The number of benzene rings is 1. The normalized spacial score (nSPS) is 14.0. The molecule has 0 N–H and O–H groups in total. The van der Waals surface area contributed by atoms with E-state index in [9.17, 15) is 12.8 Å². The summed E-state index contributed by atoms with van der Waals surface area (Å²) in [4.78, 5) is -0.528. The van der Waals surface area contributed by atoms with Crippen LogP contribution in [0.5, 0.6) is 0 Å². The summed E-state index contributed by atoms with van der Waals surface area (Å²) >= 11 is 5.69. The van der Waals surface area contributed by atoms with Crippen molar-refractivity contribution in [2.75, 3.05) is 0 Å². The summed E-state index contributed by atoms with van der Waals surface area (Å²) in [5, 5.41) is -0.378. The highest BCUT2D eigenvalue weighted by molar-refractivity contribution is 8.13. The van der Waals surface area contributed by atoms with Crippen molar-refractivity contribution in [3.63, 3.8) is 0 Å². The van der Waals surface area contributed by atoms with Crippen LogP contribution in [0.15, 0.2) is 23.1 Å². The van der Waals surface area contributed by atoms with Crippen LogP contribution in [-0.2, 0) is 9.05 Å². The molecule has 1 aromatic rings. The molecule has 2 nitrogen and oxygen atoms in total. The Morgan fingerprint density at radius 1 is 1.43 bits per heavy atom. The molecule has 0 radical (unpaired) electrons. The summed E-state index contributed by atoms with van der Waals surface area (Å²) in [7, 11) is 0.973. The van der Waals surface area contributed by atoms with E-state index in [1.165, 1.54) is 6.07 Å². The average molecular weight is 257 g/mol. The van der Waals surface area contributed by atoms with E-state index < -0.39 is 19.8 Å². The molecule has 78 valence electrons. The van der Waals surface area contributed by atoms with Crippen molar-refractivity contribution in [3.8, 4) is 0 Å². The van der Waals surface area contributed by atoms with Crippen molar-refractivity contribution in [2.45, 2.75) is 17.2 Å². The van der Waals surface area contributed by atoms with Crippen LogP contribution in [0, 0.1) is 5.82 Å². The topological polar surface area (TPSA) is 34.1 Å². The molecule has 0 heterocycles. The van der Waals surface area contributed by atoms with Crippen molar-refractivity contribution < 1.29 is 12.8 Å². The molecule has 1 rings (SSSR count). The quantitative estimate of drug-likeness (QED) is 0.602. The SMILES string of the molecule is CC(Cl)c1ccc(S(=O)(=O)Cl)c(F)c1. The number of hydrogen-bond acceptors (Lipinski definition) is 2. The van der Waals surface area contributed by atoms with Gasteiger partial charge in [0.15, 0.2) is 0 Å². The summed E-state index contributed by atoms with van der Waals surface area (Å²) in [6.45, 7) is 1.66. The lowest BCUT2D eigenvalue weighted by Gasteiger charge is -2.04. The highest BCUT2D eigenvalue weighted by Gasteiger charge is 2.16. The molecule has 0 amide bonds. The Morgan fingerprint density at radius 3 is 2.36 bits per heavy atom. The molecule has 0 spiro atoms. The van der Waals surface area contributed by atoms with E-state index in [-0.39, 0.29) is 5.38 Å². The maximum Gasteiger partial charge on any atom is 0.264 e. The average Bonchev–Trinajstić information content (AvgIpc) is 2.01. The van der Waals surface area contributed by atoms with Crippen molar-refractivity contribution in [1.82, 2.24) is 0 Å². The Morgan fingerprint density at radius 2 is 2.00 bits per heavy atom. The first-order valence-electron chi connectivity index (χ1n) is 3.70. The van der Waals surface area contributed by atoms with Crippen LogP contribution < -0.4 is 0 Å². The summed E-state index contributed by atoms with van der Waals surface area (Å²) in [5.41, 5.74) is 0.508. The van der Waals surface area contributed by atoms with E-state index >= 15 is 0 Å². The summed E-state index contributed by atoms with van der Waals surface area (Å²) < 4.78 is 34.8. The van der Waals surface area contributed by atoms with Gasteiger partial charge in [-0.2, -0.15) is 0 Å². The predicted molar refractivity (Wildman–Crippen MR) is 53.7 cm³/mol. The Hall–Kier alpha value is -0.320. The maximum absolute atomic E-state index is 13.2. The summed E-state index contributed by atoms with van der Waals surface area (Å²) in [6, 6.07) is 3.59. The zero-order valence-corrected chi connectivity index (χ0v) is 9.50. The Kier molecular flexibility index (Phi) is 3.40. The minimum absolute atomic E-state index is 0.378. The van der Waals surface area contributed by atoms with Crippen LogP contribution in [0.4, 0.5) is 4.39 Å². The van der Waals surface area contributed by atoms with Gasteiger partial charge >= 0.3 is 0 Å². The van der Waals surface area contributed by atoms with Crippen LogP contribution in [0.2, 0.25) is 0 Å². The van der Waals surface area contributed by atoms with Gasteiger partial charge in [-0.05, 0) is 24.6 Å². The molecule has 0 aliphatic carbocycles. The molecule has 0 fully saturated rings. The van der Waals surface area contributed by atoms with Gasteiger partial charge in [-0.25, -0.2) is 12.8 Å². The standard InChI is InChI=1S/C8H7Cl2FO2S/c1-5(9)6-2-3-8(7(11)4-6)14(10,12)13/h2-5H,1H3. The van der Waals surface area contributed by atoms with Crippen LogP contribution >= 0.6 is 22.3 Å². The molecule has 0 saturated heterocycles. The van der Waals surface area contributed by atoms with E-state index in [0.29, 0.717) is 5.56 Å². The summed E-state index contributed by atoms with van der Waals surface area (Å²) in [6.07, 6.45) is 0. The smallest absolute Gasteiger partial charge is 0.207 e. The minimum atomic E-state index is -4.02. The Balaban J connectivity index is 3.28. The van der Waals surface area contributed by atoms with Gasteiger partial charge in [0.05, 0.1) is 5.38 Å². The monoisotopic (exact) mass is 256 g/mol. The highest BCUT2D eigenvalue weighted by Crippen LogP contribution is 2.25. The number of alkyl halides is 1. The van der Waals surface area contributed by atoms with Gasteiger partial charge in [0.1, 0.15) is 10.7 Å². The van der Waals surface area contributed by atoms with Crippen LogP contribution in [-0.4, -0.2) is 8.42 Å². The first kappa shape index (κ1) is 11.8. The van der Waals surface area contributed by atoms with Crippen LogP contribution in [0.3, 0.4) is 0 Å². The third kappa shape index (κ3) is 2.59. The van der Waals surface area contributed by atoms with E-state index in [2.05, 4.69) is 0 Å². The molecule has 0 aliphatic rings. The van der Waals surface area contributed by atoms with Crippen molar-refractivity contribution >= 4 is 31.3 Å². The van der Waals surface area contributed by atoms with Gasteiger partial charge in [0.2, 0.25) is 0 Å². The molecule has 0 aliphatic heterocycles. The van der Waals surface area contributed by atoms with Gasteiger partial charge in [0, 0.05) is 10.7 Å². The second kappa shape index (κ2) is 4.04. The fraction of sp³-hybridized carbons (Fsp3) is 0.250. The number of rotatable bonds is 2. The molecule has 1 atom stereocenters. The molecule has 0 aromatic heterocycles. The molecular formula is C8H7Cl2FO2S. The van der Waals surface area contributed by atoms with E-state index in [1.54, 1.807) is 6.92 Å². The molecule has 0 bridgehead atoms. The van der Waals surface area contributed by atoms with Gasteiger partial charge in [0.25, 0.3) is 9.05 Å². The zero-order chi connectivity index (χ0) is 10.9. The lowest BCUT2D eigenvalue weighted by molar-refractivity contribution is 0.574. The lowest BCUT2D eigenvalue weighted by atomic mass is 10.2. The van der Waals surface area contributed by atoms with Crippen molar-refractivity contribution in [2.24, 2.45) is 0 Å². The fourth-order valence-corrected chi connectivity index (χ4v) is 2.00. The van der Waals surface area contributed by atoms with Gasteiger partial charge in [-0.15, -0.1) is 11.6 Å². The van der Waals surface area contributed by atoms with Crippen LogP contribution in [0.1, 0.15) is 17.9 Å². The van der Waals surface area contributed by atoms with E-state index in [4.69, 9.17) is 22.3 Å². The third-order valence-corrected chi connectivity index (χ3v) is 3.29. The van der Waals surface area contributed by atoms with Gasteiger partial charge < -0.3 is 0 Å². The fourth-order valence-electron chi connectivity index (χ4n) is 0.962. The molecule has 1 aromatic carbocycles. The predicted octanol–water partition coefficient (Wildman–Crippen LogP) is 3.05. The van der Waals surface area contributed by atoms with E-state index in [1.807, 2.05) is 0 Å². The highest BCUT2D eigenvalue weighted by atomic mass is 35.7. The Labute approximate surface area is 91.1 Å². The molecule has 6 heteroatoms. The number of hydrogen-bond donors (Lipinski definition) is 0. The molecule has 0 saturated carbocycles. The summed E-state index contributed by atoms with van der Waals surface area (Å²) in [5.74, 6) is -0.884. The lowest BCUT2D eigenvalue weighted by Crippen LogP contribution is -1.97. The Bertz CT molecular complexity index is 443. The minimum Gasteiger partial charge on any atom is -0.207 e. The third-order valence-electron chi connectivity index (χ3n) is 1.68. The zero-order valence-electron chi connectivity index (χ0n) is 7.17. The molecular weight excluding hydrogens is 250 g/mol. The van der Waals surface area contributed by atoms with E-state index in [0.717, 1.165) is 12.1 Å². The van der Waals surface area contributed by atoms with Gasteiger partial charge in [-0.3, -0.25) is 0 Å². The molecule has 1 unspecified atom stereocenters. The second-order valence-corrected chi connectivity index (χ2v) is 5.93. The van der Waals surface area contributed by atoms with Crippen LogP contribution in [0.25, 0.3) is 0 Å². The second-order valence-electron chi connectivity index (χ2n) is 2.74. The maximum atomic E-state index is 13.2. The number of halogens is 3. The van der Waals surface area contributed by atoms with Crippen molar-refractivity contribution in [1.29, 1.82) is 0 Å². The first-order chi connectivity index (χ1) is 6.32. The van der Waals surface area contributed by atoms with Gasteiger partial charge in [-0.1, -0.05) is 6.07 Å². The molecule has 14 heavy (non-hydrogen) atoms. The first-order valence-corrected chi connectivity index (χ1v) is 6.45.